The molecule has 0 unspecified atom stereocenters. The van der Waals surface area contributed by atoms with Crippen molar-refractivity contribution in [3.8, 4) is 0 Å². The molecule has 1 fully saturated rings. The zero-order chi connectivity index (χ0) is 9.80. The first-order valence-electron chi connectivity index (χ1n) is 4.58. The molecular weight excluding hydrogens is 246 g/mol. The molecule has 0 saturated carbocycles. The zero-order valence-electron chi connectivity index (χ0n) is 7.78. The minimum Gasteiger partial charge on any atom is -0.376 e. The number of halogens is 1. The Morgan fingerprint density at radius 2 is 2.21 bits per heavy atom. The summed E-state index contributed by atoms with van der Waals surface area (Å²) in [5.41, 5.74) is 2.02. The molecule has 1 aliphatic rings. The Morgan fingerprint density at radius 1 is 1.43 bits per heavy atom. The van der Waals surface area contributed by atoms with Gasteiger partial charge in [0.05, 0.1) is 31.2 Å². The van der Waals surface area contributed by atoms with Gasteiger partial charge in [-0.1, -0.05) is 22.0 Å². The summed E-state index contributed by atoms with van der Waals surface area (Å²) >= 11 is 3.37. The van der Waals surface area contributed by atoms with Crippen molar-refractivity contribution in [1.82, 2.24) is 4.98 Å². The lowest BCUT2D eigenvalue weighted by Crippen LogP contribution is -2.35. The van der Waals surface area contributed by atoms with Crippen molar-refractivity contribution in [2.75, 3.05) is 13.2 Å². The van der Waals surface area contributed by atoms with Crippen LogP contribution < -0.4 is 0 Å². The predicted octanol–water partition coefficient (Wildman–Crippen LogP) is 1.89. The van der Waals surface area contributed by atoms with E-state index in [0.717, 1.165) is 29.9 Å². The van der Waals surface area contributed by atoms with Gasteiger partial charge in [-0.3, -0.25) is 4.98 Å². The number of pyridine rings is 1. The van der Waals surface area contributed by atoms with Crippen LogP contribution in [-0.4, -0.2) is 24.3 Å². The Morgan fingerprint density at radius 3 is 2.86 bits per heavy atom. The number of nitrogens with zero attached hydrogens (tertiary/aromatic N) is 1. The van der Waals surface area contributed by atoms with Crippen LogP contribution in [0.3, 0.4) is 0 Å². The minimum atomic E-state index is 0.268. The molecule has 0 bridgehead atoms. The van der Waals surface area contributed by atoms with E-state index in [1.54, 1.807) is 0 Å². The largest absolute Gasteiger partial charge is 0.376 e. The number of hydrogen-bond acceptors (Lipinski definition) is 3. The van der Waals surface area contributed by atoms with Crippen molar-refractivity contribution in [2.24, 2.45) is 0 Å². The molecule has 1 saturated heterocycles. The van der Waals surface area contributed by atoms with Crippen LogP contribution in [0.1, 0.15) is 11.4 Å². The van der Waals surface area contributed by atoms with Gasteiger partial charge in [0.2, 0.25) is 0 Å². The van der Waals surface area contributed by atoms with Crippen LogP contribution in [0.15, 0.2) is 18.2 Å². The molecule has 2 heterocycles. The summed E-state index contributed by atoms with van der Waals surface area (Å²) in [4.78, 5) is 4.41. The Kier molecular flexibility index (Phi) is 3.50. The molecule has 4 heteroatoms. The van der Waals surface area contributed by atoms with Gasteiger partial charge in [-0.2, -0.15) is 0 Å². The third-order valence-electron chi connectivity index (χ3n) is 2.08. The smallest absolute Gasteiger partial charge is 0.105 e. The molecule has 0 atom stereocenters. The first-order valence-corrected chi connectivity index (χ1v) is 5.71. The fourth-order valence-corrected chi connectivity index (χ4v) is 1.51. The predicted molar refractivity (Wildman–Crippen MR) is 56.3 cm³/mol. The van der Waals surface area contributed by atoms with E-state index in [1.165, 1.54) is 0 Å². The lowest BCUT2D eigenvalue weighted by atomic mass is 10.3. The second kappa shape index (κ2) is 4.87. The van der Waals surface area contributed by atoms with Crippen molar-refractivity contribution >= 4 is 15.9 Å². The lowest BCUT2D eigenvalue weighted by Gasteiger charge is -2.25. The van der Waals surface area contributed by atoms with Gasteiger partial charge in [-0.05, 0) is 12.1 Å². The SMILES string of the molecule is BrCc1cccc(COC2COC2)n1. The molecule has 0 radical (unpaired) electrons. The van der Waals surface area contributed by atoms with Gasteiger partial charge >= 0.3 is 0 Å². The Labute approximate surface area is 91.6 Å². The molecule has 0 aliphatic carbocycles. The monoisotopic (exact) mass is 257 g/mol. The van der Waals surface area contributed by atoms with Crippen molar-refractivity contribution in [2.45, 2.75) is 18.0 Å². The van der Waals surface area contributed by atoms with Crippen LogP contribution in [0, 0.1) is 0 Å². The first-order chi connectivity index (χ1) is 6.88. The van der Waals surface area contributed by atoms with Crippen LogP contribution in [0.2, 0.25) is 0 Å². The highest BCUT2D eigenvalue weighted by atomic mass is 79.9. The highest BCUT2D eigenvalue weighted by molar-refractivity contribution is 9.08. The normalized spacial score (nSPS) is 16.6. The van der Waals surface area contributed by atoms with E-state index in [1.807, 2.05) is 18.2 Å². The summed E-state index contributed by atoms with van der Waals surface area (Å²) < 4.78 is 10.6. The topological polar surface area (TPSA) is 31.4 Å². The van der Waals surface area contributed by atoms with Crippen molar-refractivity contribution in [3.05, 3.63) is 29.6 Å². The number of hydrogen-bond donors (Lipinski definition) is 0. The van der Waals surface area contributed by atoms with Crippen LogP contribution in [0.4, 0.5) is 0 Å². The van der Waals surface area contributed by atoms with E-state index in [4.69, 9.17) is 9.47 Å². The maximum Gasteiger partial charge on any atom is 0.105 e. The van der Waals surface area contributed by atoms with Crippen LogP contribution in [-0.2, 0) is 21.4 Å². The van der Waals surface area contributed by atoms with Crippen LogP contribution in [0.25, 0.3) is 0 Å². The molecule has 1 aliphatic heterocycles. The molecule has 0 amide bonds. The highest BCUT2D eigenvalue weighted by Crippen LogP contribution is 2.10. The van der Waals surface area contributed by atoms with Gasteiger partial charge in [0, 0.05) is 5.33 Å². The zero-order valence-corrected chi connectivity index (χ0v) is 9.37. The molecular formula is C10H12BrNO2. The fourth-order valence-electron chi connectivity index (χ4n) is 1.20. The number of ether oxygens (including phenoxy) is 2. The third-order valence-corrected chi connectivity index (χ3v) is 2.65. The molecule has 3 nitrogen and oxygen atoms in total. The second-order valence-corrected chi connectivity index (χ2v) is 3.79. The van der Waals surface area contributed by atoms with Gasteiger partial charge in [-0.15, -0.1) is 0 Å². The van der Waals surface area contributed by atoms with Gasteiger partial charge in [0.1, 0.15) is 6.10 Å². The van der Waals surface area contributed by atoms with E-state index < -0.39 is 0 Å². The summed E-state index contributed by atoms with van der Waals surface area (Å²) in [5.74, 6) is 0. The average molecular weight is 258 g/mol. The van der Waals surface area contributed by atoms with E-state index in [9.17, 15) is 0 Å². The minimum absolute atomic E-state index is 0.268. The standard InChI is InChI=1S/C10H12BrNO2/c11-4-8-2-1-3-9(12-8)5-14-10-6-13-7-10/h1-3,10H,4-7H2. The number of aromatic nitrogens is 1. The van der Waals surface area contributed by atoms with E-state index >= 15 is 0 Å². The molecule has 14 heavy (non-hydrogen) atoms. The Hall–Kier alpha value is -0.450. The fraction of sp³-hybridized carbons (Fsp3) is 0.500. The van der Waals surface area contributed by atoms with E-state index in [2.05, 4.69) is 20.9 Å². The van der Waals surface area contributed by atoms with Crippen molar-refractivity contribution < 1.29 is 9.47 Å². The summed E-state index contributed by atoms with van der Waals surface area (Å²) in [6.07, 6.45) is 0.268. The number of rotatable bonds is 4. The van der Waals surface area contributed by atoms with Crippen molar-refractivity contribution in [3.63, 3.8) is 0 Å². The Bertz CT molecular complexity index is 302. The number of alkyl halides is 1. The molecule has 76 valence electrons. The van der Waals surface area contributed by atoms with Crippen LogP contribution >= 0.6 is 15.9 Å². The van der Waals surface area contributed by atoms with Gasteiger partial charge < -0.3 is 9.47 Å². The third kappa shape index (κ3) is 2.53. The van der Waals surface area contributed by atoms with E-state index in [0.29, 0.717) is 6.61 Å². The first kappa shape index (κ1) is 10.1. The molecule has 1 aromatic rings. The van der Waals surface area contributed by atoms with Crippen molar-refractivity contribution in [1.29, 1.82) is 0 Å². The Balaban J connectivity index is 1.87. The quantitative estimate of drug-likeness (QED) is 0.773. The molecule has 0 N–H and O–H groups in total. The van der Waals surface area contributed by atoms with E-state index in [-0.39, 0.29) is 6.10 Å². The lowest BCUT2D eigenvalue weighted by molar-refractivity contribution is -0.135. The summed E-state index contributed by atoms with van der Waals surface area (Å²) in [7, 11) is 0. The van der Waals surface area contributed by atoms with Gasteiger partial charge in [0.25, 0.3) is 0 Å². The maximum atomic E-state index is 5.56. The average Bonchev–Trinajstić information content (AvgIpc) is 2.16. The van der Waals surface area contributed by atoms with Gasteiger partial charge in [-0.25, -0.2) is 0 Å². The van der Waals surface area contributed by atoms with Gasteiger partial charge in [0.15, 0.2) is 0 Å². The molecule has 0 aromatic carbocycles. The maximum absolute atomic E-state index is 5.56. The second-order valence-electron chi connectivity index (χ2n) is 3.22. The van der Waals surface area contributed by atoms with Crippen LogP contribution in [0.5, 0.6) is 0 Å². The highest BCUT2D eigenvalue weighted by Gasteiger charge is 2.18. The molecule has 0 spiro atoms. The summed E-state index contributed by atoms with van der Waals surface area (Å²) in [6.45, 7) is 2.02. The molecule has 2 rings (SSSR count). The summed E-state index contributed by atoms with van der Waals surface area (Å²) in [6, 6.07) is 5.97. The molecule has 1 aromatic heterocycles. The summed E-state index contributed by atoms with van der Waals surface area (Å²) in [5, 5.41) is 0.785.